The summed E-state index contributed by atoms with van der Waals surface area (Å²) < 4.78 is 7.36. The average Bonchev–Trinajstić information content (AvgIpc) is 3.23. The Morgan fingerprint density at radius 1 is 1.14 bits per heavy atom. The number of nitrogens with zero attached hydrogens (tertiary/aromatic N) is 5. The molecule has 1 aromatic heterocycles. The van der Waals surface area contributed by atoms with Crippen LogP contribution in [-0.2, 0) is 16.1 Å². The number of hydrogen-bond donors (Lipinski definition) is 0. The van der Waals surface area contributed by atoms with Gasteiger partial charge in [0.2, 0.25) is 5.91 Å². The van der Waals surface area contributed by atoms with Crippen molar-refractivity contribution in [2.24, 2.45) is 11.8 Å². The van der Waals surface area contributed by atoms with Gasteiger partial charge in [-0.1, -0.05) is 35.5 Å². The number of fused-ring (bicyclic) bond motifs is 3. The van der Waals surface area contributed by atoms with Gasteiger partial charge in [0.1, 0.15) is 5.69 Å². The highest BCUT2D eigenvalue weighted by molar-refractivity contribution is 5.79. The van der Waals surface area contributed by atoms with E-state index in [4.69, 9.17) is 4.74 Å². The Hall–Kier alpha value is -2.25. The fourth-order valence-corrected chi connectivity index (χ4v) is 4.97. The lowest BCUT2D eigenvalue weighted by atomic mass is 9.75. The van der Waals surface area contributed by atoms with Gasteiger partial charge in [-0.15, -0.1) is 5.10 Å². The molecule has 1 amide bonds. The normalized spacial score (nSPS) is 29.8. The number of piperidine rings is 3. The van der Waals surface area contributed by atoms with E-state index >= 15 is 0 Å². The molecule has 0 N–H and O–H groups in total. The molecule has 4 aliphatic heterocycles. The number of amides is 1. The Labute approximate surface area is 165 Å². The number of benzene rings is 1. The minimum absolute atomic E-state index is 0.152. The van der Waals surface area contributed by atoms with E-state index < -0.39 is 0 Å². The van der Waals surface area contributed by atoms with Crippen molar-refractivity contribution >= 4 is 5.91 Å². The maximum Gasteiger partial charge on any atom is 0.227 e. The van der Waals surface area contributed by atoms with Gasteiger partial charge < -0.3 is 9.64 Å². The molecule has 0 saturated carbocycles. The molecule has 1 aromatic carbocycles. The fourth-order valence-electron chi connectivity index (χ4n) is 4.97. The minimum Gasteiger partial charge on any atom is -0.378 e. The van der Waals surface area contributed by atoms with Gasteiger partial charge >= 0.3 is 0 Å². The second-order valence-electron chi connectivity index (χ2n) is 8.17. The summed E-state index contributed by atoms with van der Waals surface area (Å²) in [5.41, 5.74) is 2.01. The number of ether oxygens (including phenoxy) is 1. The summed E-state index contributed by atoms with van der Waals surface area (Å²) in [4.78, 5) is 17.5. The van der Waals surface area contributed by atoms with E-state index in [0.717, 1.165) is 56.8 Å². The van der Waals surface area contributed by atoms with Gasteiger partial charge in [-0.05, 0) is 25.3 Å². The molecule has 5 heterocycles. The van der Waals surface area contributed by atoms with E-state index in [1.807, 2.05) is 34.0 Å². The van der Waals surface area contributed by atoms with Gasteiger partial charge in [-0.25, -0.2) is 0 Å². The zero-order valence-corrected chi connectivity index (χ0v) is 16.1. The third kappa shape index (κ3) is 3.44. The molecular weight excluding hydrogens is 354 g/mol. The number of hydrogen-bond acceptors (Lipinski definition) is 5. The molecule has 28 heavy (non-hydrogen) atoms. The highest BCUT2D eigenvalue weighted by Gasteiger charge is 2.44. The monoisotopic (exact) mass is 381 g/mol. The molecule has 0 aliphatic carbocycles. The Kier molecular flexibility index (Phi) is 4.86. The predicted octanol–water partition coefficient (Wildman–Crippen LogP) is 1.51. The molecular formula is C21H27N5O2. The van der Waals surface area contributed by atoms with E-state index in [0.29, 0.717) is 31.1 Å². The standard InChI is InChI=1S/C21H27N5O2/c27-21(24-8-10-28-11-9-24)19-14-25-7-6-17(19)12-18(25)13-26-15-20(22-23-26)16-4-2-1-3-5-16/h1-5,15,17-19H,6-14H2/t17-,18-,19+/m1/s1. The van der Waals surface area contributed by atoms with Crippen LogP contribution in [0.1, 0.15) is 12.8 Å². The van der Waals surface area contributed by atoms with Crippen molar-refractivity contribution in [3.63, 3.8) is 0 Å². The van der Waals surface area contributed by atoms with Gasteiger partial charge in [0.15, 0.2) is 0 Å². The van der Waals surface area contributed by atoms with Crippen molar-refractivity contribution in [2.75, 3.05) is 39.4 Å². The van der Waals surface area contributed by atoms with E-state index in [1.165, 1.54) is 0 Å². The molecule has 4 aliphatic rings. The summed E-state index contributed by atoms with van der Waals surface area (Å²) in [7, 11) is 0. The number of carbonyl (C=O) groups is 1. The molecule has 148 valence electrons. The van der Waals surface area contributed by atoms with E-state index in [9.17, 15) is 4.79 Å². The first-order valence-corrected chi connectivity index (χ1v) is 10.3. The van der Waals surface area contributed by atoms with Crippen LogP contribution in [-0.4, -0.2) is 76.1 Å². The number of aromatic nitrogens is 3. The van der Waals surface area contributed by atoms with Crippen LogP contribution < -0.4 is 0 Å². The molecule has 1 unspecified atom stereocenters. The van der Waals surface area contributed by atoms with Crippen LogP contribution in [0.25, 0.3) is 11.3 Å². The van der Waals surface area contributed by atoms with Crippen molar-refractivity contribution < 1.29 is 9.53 Å². The van der Waals surface area contributed by atoms with Gasteiger partial charge in [-0.3, -0.25) is 14.4 Å². The van der Waals surface area contributed by atoms with E-state index in [-0.39, 0.29) is 5.92 Å². The van der Waals surface area contributed by atoms with Crippen molar-refractivity contribution in [3.8, 4) is 11.3 Å². The smallest absolute Gasteiger partial charge is 0.227 e. The molecule has 4 fully saturated rings. The molecule has 7 heteroatoms. The summed E-state index contributed by atoms with van der Waals surface area (Å²) in [6.45, 7) is 5.64. The first-order valence-electron chi connectivity index (χ1n) is 10.3. The van der Waals surface area contributed by atoms with Gasteiger partial charge in [0.05, 0.1) is 31.9 Å². The van der Waals surface area contributed by atoms with Gasteiger partial charge in [0, 0.05) is 31.2 Å². The van der Waals surface area contributed by atoms with Crippen molar-refractivity contribution in [1.82, 2.24) is 24.8 Å². The van der Waals surface area contributed by atoms with Gasteiger partial charge in [0.25, 0.3) is 0 Å². The van der Waals surface area contributed by atoms with E-state index in [2.05, 4.69) is 27.3 Å². The third-order valence-electron chi connectivity index (χ3n) is 6.52. The Morgan fingerprint density at radius 3 is 2.71 bits per heavy atom. The van der Waals surface area contributed by atoms with Crippen molar-refractivity contribution in [3.05, 3.63) is 36.5 Å². The summed E-state index contributed by atoms with van der Waals surface area (Å²) in [5, 5.41) is 8.69. The maximum atomic E-state index is 13.0. The third-order valence-corrected chi connectivity index (χ3v) is 6.52. The first-order chi connectivity index (χ1) is 13.8. The highest BCUT2D eigenvalue weighted by atomic mass is 16.5. The zero-order valence-electron chi connectivity index (χ0n) is 16.1. The Bertz CT molecular complexity index is 817. The lowest BCUT2D eigenvalue weighted by Gasteiger charge is -2.50. The summed E-state index contributed by atoms with van der Waals surface area (Å²) in [6.07, 6.45) is 4.24. The second-order valence-corrected chi connectivity index (χ2v) is 8.17. The molecule has 4 atom stereocenters. The van der Waals surface area contributed by atoms with Crippen LogP contribution in [0.3, 0.4) is 0 Å². The SMILES string of the molecule is O=C([C@H]1CN2CC[C@@H]1C[C@@H]2Cn1cc(-c2ccccc2)nn1)N1CCOCC1. The molecule has 0 spiro atoms. The zero-order chi connectivity index (χ0) is 18.9. The summed E-state index contributed by atoms with van der Waals surface area (Å²) >= 11 is 0. The highest BCUT2D eigenvalue weighted by Crippen LogP contribution is 2.38. The van der Waals surface area contributed by atoms with Crippen LogP contribution in [0.5, 0.6) is 0 Å². The fraction of sp³-hybridized carbons (Fsp3) is 0.571. The first kappa shape index (κ1) is 17.8. The topological polar surface area (TPSA) is 63.5 Å². The van der Waals surface area contributed by atoms with E-state index in [1.54, 1.807) is 0 Å². The molecule has 7 nitrogen and oxygen atoms in total. The summed E-state index contributed by atoms with van der Waals surface area (Å²) in [6, 6.07) is 10.6. The quantitative estimate of drug-likeness (QED) is 0.803. The molecule has 6 rings (SSSR count). The van der Waals surface area contributed by atoms with Gasteiger partial charge in [-0.2, -0.15) is 0 Å². The lowest BCUT2D eigenvalue weighted by Crippen LogP contribution is -2.59. The summed E-state index contributed by atoms with van der Waals surface area (Å²) in [5.74, 6) is 0.977. The minimum atomic E-state index is 0.152. The molecule has 2 bridgehead atoms. The van der Waals surface area contributed by atoms with Crippen molar-refractivity contribution in [2.45, 2.75) is 25.4 Å². The van der Waals surface area contributed by atoms with Crippen molar-refractivity contribution in [1.29, 1.82) is 0 Å². The number of morpholine rings is 1. The Morgan fingerprint density at radius 2 is 1.96 bits per heavy atom. The lowest BCUT2D eigenvalue weighted by molar-refractivity contribution is -0.148. The molecule has 4 saturated heterocycles. The van der Waals surface area contributed by atoms with Crippen LogP contribution >= 0.6 is 0 Å². The molecule has 2 aromatic rings. The van der Waals surface area contributed by atoms with Crippen LogP contribution in [0.4, 0.5) is 0 Å². The largest absolute Gasteiger partial charge is 0.378 e. The van der Waals surface area contributed by atoms with Crippen LogP contribution in [0.15, 0.2) is 36.5 Å². The second kappa shape index (κ2) is 7.64. The molecule has 0 radical (unpaired) electrons. The van der Waals surface area contributed by atoms with Crippen LogP contribution in [0, 0.1) is 11.8 Å². The maximum absolute atomic E-state index is 13.0. The average molecular weight is 381 g/mol. The Balaban J connectivity index is 1.23. The van der Waals surface area contributed by atoms with Crippen LogP contribution in [0.2, 0.25) is 0 Å². The number of carbonyl (C=O) groups excluding carboxylic acids is 1. The number of rotatable bonds is 4. The predicted molar refractivity (Wildman–Crippen MR) is 104 cm³/mol.